The molecule has 0 aromatic heterocycles. The third-order valence-corrected chi connectivity index (χ3v) is 8.22. The zero-order chi connectivity index (χ0) is 27.9. The Morgan fingerprint density at radius 2 is 1.45 bits per heavy atom. The number of methoxy groups -OCH3 is 1. The van der Waals surface area contributed by atoms with Gasteiger partial charge in [0.2, 0.25) is 0 Å². The Morgan fingerprint density at radius 1 is 0.842 bits per heavy atom. The maximum atomic E-state index is 11.3. The lowest BCUT2D eigenvalue weighted by molar-refractivity contribution is -0.136. The lowest BCUT2D eigenvalue weighted by atomic mass is 9.70. The minimum absolute atomic E-state index is 0.0788. The van der Waals surface area contributed by atoms with Gasteiger partial charge in [-0.2, -0.15) is 0 Å². The van der Waals surface area contributed by atoms with E-state index in [1.807, 2.05) is 44.2 Å². The number of hydrogen-bond donors (Lipinski definition) is 2. The predicted molar refractivity (Wildman–Crippen MR) is 157 cm³/mol. The van der Waals surface area contributed by atoms with E-state index in [9.17, 15) is 15.0 Å². The smallest absolute Gasteiger partial charge is 0.307 e. The van der Waals surface area contributed by atoms with Gasteiger partial charge in [-0.15, -0.1) is 0 Å². The number of ether oxygens (including phenoxy) is 1. The summed E-state index contributed by atoms with van der Waals surface area (Å²) in [5, 5.41) is 19.9. The monoisotopic (exact) mass is 514 g/mol. The van der Waals surface area contributed by atoms with Crippen molar-refractivity contribution < 1.29 is 19.7 Å². The Hall–Kier alpha value is -3.37. The fraction of sp³-hybridized carbons (Fsp3) is 0.382. The molecule has 0 saturated heterocycles. The van der Waals surface area contributed by atoms with Crippen molar-refractivity contribution in [3.8, 4) is 16.9 Å². The Bertz CT molecular complexity index is 1260. The van der Waals surface area contributed by atoms with Crippen LogP contribution in [0.4, 0.5) is 0 Å². The van der Waals surface area contributed by atoms with Gasteiger partial charge >= 0.3 is 5.97 Å². The van der Waals surface area contributed by atoms with Crippen molar-refractivity contribution in [1.82, 2.24) is 0 Å². The van der Waals surface area contributed by atoms with Crippen molar-refractivity contribution in [2.45, 2.75) is 77.7 Å². The van der Waals surface area contributed by atoms with Gasteiger partial charge in [0.25, 0.3) is 0 Å². The molecule has 0 fully saturated rings. The van der Waals surface area contributed by atoms with E-state index in [0.717, 1.165) is 29.5 Å². The highest BCUT2D eigenvalue weighted by molar-refractivity contribution is 5.74. The lowest BCUT2D eigenvalue weighted by Crippen LogP contribution is -2.26. The van der Waals surface area contributed by atoms with Gasteiger partial charge in [0, 0.05) is 11.0 Å². The topological polar surface area (TPSA) is 66.8 Å². The molecule has 0 aliphatic carbocycles. The Labute approximate surface area is 228 Å². The first-order chi connectivity index (χ1) is 18.1. The van der Waals surface area contributed by atoms with Crippen LogP contribution in [0.15, 0.2) is 66.7 Å². The highest BCUT2D eigenvalue weighted by atomic mass is 16.5. The maximum absolute atomic E-state index is 11.3. The van der Waals surface area contributed by atoms with Crippen LogP contribution in [0.5, 0.6) is 5.75 Å². The van der Waals surface area contributed by atoms with Gasteiger partial charge in [-0.1, -0.05) is 88.4 Å². The van der Waals surface area contributed by atoms with E-state index >= 15 is 0 Å². The summed E-state index contributed by atoms with van der Waals surface area (Å²) in [6.07, 6.45) is 7.22. The van der Waals surface area contributed by atoms with Crippen LogP contribution in [0.3, 0.4) is 0 Å². The van der Waals surface area contributed by atoms with E-state index in [0.29, 0.717) is 24.2 Å². The molecule has 0 atom stereocenters. The maximum Gasteiger partial charge on any atom is 0.307 e. The Kier molecular flexibility index (Phi) is 9.56. The van der Waals surface area contributed by atoms with Crippen molar-refractivity contribution in [1.29, 1.82) is 0 Å². The van der Waals surface area contributed by atoms with Crippen molar-refractivity contribution in [3.63, 3.8) is 0 Å². The quantitative estimate of drug-likeness (QED) is 0.257. The fourth-order valence-corrected chi connectivity index (χ4v) is 5.37. The van der Waals surface area contributed by atoms with Gasteiger partial charge in [0.1, 0.15) is 5.75 Å². The predicted octanol–water partition coefficient (Wildman–Crippen LogP) is 7.97. The zero-order valence-corrected chi connectivity index (χ0v) is 23.7. The van der Waals surface area contributed by atoms with Crippen LogP contribution in [0, 0.1) is 6.92 Å². The average Bonchev–Trinajstić information content (AvgIpc) is 2.93. The van der Waals surface area contributed by atoms with Crippen molar-refractivity contribution in [2.24, 2.45) is 0 Å². The molecule has 38 heavy (non-hydrogen) atoms. The normalized spacial score (nSPS) is 12.2. The number of aryl methyl sites for hydroxylation is 1. The van der Waals surface area contributed by atoms with Crippen LogP contribution in [0.2, 0.25) is 0 Å². The Morgan fingerprint density at radius 3 is 1.97 bits per heavy atom. The molecule has 0 bridgehead atoms. The summed E-state index contributed by atoms with van der Waals surface area (Å²) < 4.78 is 5.36. The molecule has 4 heteroatoms. The van der Waals surface area contributed by atoms with Gasteiger partial charge in [0.15, 0.2) is 0 Å². The van der Waals surface area contributed by atoms with Gasteiger partial charge in [-0.3, -0.25) is 4.79 Å². The van der Waals surface area contributed by atoms with E-state index in [1.54, 1.807) is 7.11 Å². The van der Waals surface area contributed by atoms with E-state index in [2.05, 4.69) is 63.2 Å². The molecule has 0 radical (unpaired) electrons. The van der Waals surface area contributed by atoms with Crippen molar-refractivity contribution >= 4 is 12.0 Å². The first-order valence-corrected chi connectivity index (χ1v) is 13.7. The molecule has 0 aliphatic rings. The van der Waals surface area contributed by atoms with E-state index in [-0.39, 0.29) is 11.8 Å². The van der Waals surface area contributed by atoms with Crippen molar-refractivity contribution in [3.05, 3.63) is 94.6 Å². The third-order valence-electron chi connectivity index (χ3n) is 8.22. The summed E-state index contributed by atoms with van der Waals surface area (Å²) in [6.45, 7) is 10.6. The summed E-state index contributed by atoms with van der Waals surface area (Å²) in [6, 6.07) is 21.1. The van der Waals surface area contributed by atoms with Crippen LogP contribution < -0.4 is 4.74 Å². The molecule has 0 heterocycles. The molecule has 0 aliphatic heterocycles. The highest BCUT2D eigenvalue weighted by Crippen LogP contribution is 2.40. The molecule has 202 valence electrons. The number of carboxylic acid groups (broad SMARTS) is 1. The number of rotatable bonds is 12. The first-order valence-electron chi connectivity index (χ1n) is 13.7. The van der Waals surface area contributed by atoms with Crippen LogP contribution in [-0.4, -0.2) is 28.9 Å². The first kappa shape index (κ1) is 29.2. The summed E-state index contributed by atoms with van der Waals surface area (Å²) in [5.41, 5.74) is 6.67. The number of carbonyl (C=O) groups is 1. The number of benzene rings is 3. The molecule has 3 rings (SSSR count). The van der Waals surface area contributed by atoms with E-state index in [1.165, 1.54) is 16.7 Å². The molecule has 3 aromatic rings. The summed E-state index contributed by atoms with van der Waals surface area (Å²) in [4.78, 5) is 11.3. The molecule has 0 spiro atoms. The second kappa shape index (κ2) is 12.4. The number of carboxylic acids is 1. The Balaban J connectivity index is 1.96. The van der Waals surface area contributed by atoms with Crippen LogP contribution in [-0.2, 0) is 16.6 Å². The van der Waals surface area contributed by atoms with Crippen LogP contribution >= 0.6 is 0 Å². The van der Waals surface area contributed by atoms with Gasteiger partial charge < -0.3 is 14.9 Å². The third kappa shape index (κ3) is 6.19. The van der Waals surface area contributed by atoms with E-state index < -0.39 is 11.6 Å². The highest BCUT2D eigenvalue weighted by Gasteiger charge is 2.31. The average molecular weight is 515 g/mol. The minimum Gasteiger partial charge on any atom is -0.496 e. The summed E-state index contributed by atoms with van der Waals surface area (Å²) in [5.74, 6) is -0.291. The largest absolute Gasteiger partial charge is 0.496 e. The lowest BCUT2D eigenvalue weighted by Gasteiger charge is -2.34. The molecule has 3 aromatic carbocycles. The SMILES string of the molecule is CCC(O)(C=Cc1ccc(C(CC)(CC)c2ccc(-c3ccc(OC)c(CC(=O)O)c3)cc2)cc1C)CC. The molecule has 0 amide bonds. The number of aliphatic carboxylic acids is 1. The van der Waals surface area contributed by atoms with Gasteiger partial charge in [-0.05, 0) is 78.1 Å². The van der Waals surface area contributed by atoms with Gasteiger partial charge in [-0.25, -0.2) is 0 Å². The second-order valence-electron chi connectivity index (χ2n) is 10.2. The zero-order valence-electron chi connectivity index (χ0n) is 23.7. The van der Waals surface area contributed by atoms with Crippen LogP contribution in [0.25, 0.3) is 17.2 Å². The number of aliphatic hydroxyl groups is 1. The number of hydrogen-bond acceptors (Lipinski definition) is 3. The van der Waals surface area contributed by atoms with Crippen LogP contribution in [0.1, 0.15) is 81.2 Å². The minimum atomic E-state index is -0.880. The molecule has 0 saturated carbocycles. The molecule has 0 unspecified atom stereocenters. The molecular formula is C34H42O4. The van der Waals surface area contributed by atoms with Gasteiger partial charge in [0.05, 0.1) is 19.1 Å². The van der Waals surface area contributed by atoms with Crippen molar-refractivity contribution in [2.75, 3.05) is 7.11 Å². The second-order valence-corrected chi connectivity index (χ2v) is 10.2. The molecule has 4 nitrogen and oxygen atoms in total. The molecule has 2 N–H and O–H groups in total. The molecular weight excluding hydrogens is 472 g/mol. The van der Waals surface area contributed by atoms with E-state index in [4.69, 9.17) is 4.74 Å². The fourth-order valence-electron chi connectivity index (χ4n) is 5.37. The summed E-state index contributed by atoms with van der Waals surface area (Å²) in [7, 11) is 1.56. The standard InChI is InChI=1S/C34H42O4/c1-7-33(37,8-2)20-19-25-11-17-30(21-24(25)5)34(9-3,10-4)29-15-12-26(13-16-29)27-14-18-31(38-6)28(22-27)23-32(35)36/h11-22,37H,7-10,23H2,1-6H3,(H,35,36). The summed E-state index contributed by atoms with van der Waals surface area (Å²) >= 11 is 0.